The first-order valence-corrected chi connectivity index (χ1v) is 8.68. The predicted molar refractivity (Wildman–Crippen MR) is 79.4 cm³/mol. The minimum Gasteiger partial charge on any atom is -0.481 e. The summed E-state index contributed by atoms with van der Waals surface area (Å²) in [5.74, 6) is 0.145. The van der Waals surface area contributed by atoms with Crippen molar-refractivity contribution >= 4 is 34.2 Å². The fourth-order valence-corrected chi connectivity index (χ4v) is 5.00. The van der Waals surface area contributed by atoms with E-state index in [9.17, 15) is 4.79 Å². The smallest absolute Gasteiger partial charge is 0.312 e. The highest BCUT2D eigenvalue weighted by atomic mass is 32.2. The predicted octanol–water partition coefficient (Wildman–Crippen LogP) is 2.96. The Kier molecular flexibility index (Phi) is 3.98. The van der Waals surface area contributed by atoms with E-state index in [-0.39, 0.29) is 5.92 Å². The van der Waals surface area contributed by atoms with Crippen molar-refractivity contribution in [3.63, 3.8) is 0 Å². The summed E-state index contributed by atoms with van der Waals surface area (Å²) >= 11 is 3.68. The summed E-state index contributed by atoms with van der Waals surface area (Å²) in [6, 6.07) is 0. The number of carbonyl (C=O) groups is 1. The van der Waals surface area contributed by atoms with Gasteiger partial charge in [-0.2, -0.15) is 11.8 Å². The molecule has 19 heavy (non-hydrogen) atoms. The van der Waals surface area contributed by atoms with E-state index in [0.717, 1.165) is 28.7 Å². The molecule has 0 aromatic carbocycles. The third-order valence-electron chi connectivity index (χ3n) is 3.77. The first-order chi connectivity index (χ1) is 9.24. The molecule has 3 rings (SSSR count). The lowest BCUT2D eigenvalue weighted by Gasteiger charge is -2.21. The first-order valence-electron chi connectivity index (χ1n) is 6.82. The van der Waals surface area contributed by atoms with Crippen LogP contribution in [-0.2, 0) is 11.2 Å². The second-order valence-electron chi connectivity index (χ2n) is 5.13. The zero-order valence-corrected chi connectivity index (χ0v) is 12.4. The molecule has 2 N–H and O–H groups in total. The summed E-state index contributed by atoms with van der Waals surface area (Å²) in [7, 11) is 0. The van der Waals surface area contributed by atoms with Crippen LogP contribution in [0.15, 0.2) is 0 Å². The van der Waals surface area contributed by atoms with Crippen molar-refractivity contribution in [2.24, 2.45) is 0 Å². The SMILES string of the molecule is O=C(O)C1CCc2sc(NCC3CCCCS3)nc21. The van der Waals surface area contributed by atoms with Crippen molar-refractivity contribution < 1.29 is 9.90 Å². The van der Waals surface area contributed by atoms with E-state index >= 15 is 0 Å². The maximum atomic E-state index is 11.1. The third kappa shape index (κ3) is 2.89. The lowest BCUT2D eigenvalue weighted by Crippen LogP contribution is -2.20. The maximum absolute atomic E-state index is 11.1. The summed E-state index contributed by atoms with van der Waals surface area (Å²) in [4.78, 5) is 16.8. The number of nitrogens with one attached hydrogen (secondary N) is 1. The van der Waals surface area contributed by atoms with Crippen molar-refractivity contribution in [1.82, 2.24) is 4.98 Å². The minimum absolute atomic E-state index is 0.383. The molecule has 2 unspecified atom stereocenters. The van der Waals surface area contributed by atoms with Gasteiger partial charge in [-0.15, -0.1) is 11.3 Å². The van der Waals surface area contributed by atoms with E-state index in [1.54, 1.807) is 11.3 Å². The molecule has 1 aromatic heterocycles. The van der Waals surface area contributed by atoms with Gasteiger partial charge in [-0.25, -0.2) is 4.98 Å². The van der Waals surface area contributed by atoms with Gasteiger partial charge in [-0.3, -0.25) is 4.79 Å². The van der Waals surface area contributed by atoms with Crippen LogP contribution >= 0.6 is 23.1 Å². The van der Waals surface area contributed by atoms with Crippen molar-refractivity contribution in [3.8, 4) is 0 Å². The van der Waals surface area contributed by atoms with E-state index in [2.05, 4.69) is 10.3 Å². The molecule has 0 amide bonds. The van der Waals surface area contributed by atoms with Crippen LogP contribution < -0.4 is 5.32 Å². The van der Waals surface area contributed by atoms with Gasteiger partial charge in [0.15, 0.2) is 5.13 Å². The van der Waals surface area contributed by atoms with Crippen molar-refractivity contribution in [1.29, 1.82) is 0 Å². The zero-order valence-electron chi connectivity index (χ0n) is 10.7. The van der Waals surface area contributed by atoms with Gasteiger partial charge in [0.25, 0.3) is 0 Å². The van der Waals surface area contributed by atoms with E-state index in [0.29, 0.717) is 11.7 Å². The quantitative estimate of drug-likeness (QED) is 0.895. The van der Waals surface area contributed by atoms with E-state index in [1.807, 2.05) is 11.8 Å². The number of aryl methyl sites for hydroxylation is 1. The summed E-state index contributed by atoms with van der Waals surface area (Å²) in [5.41, 5.74) is 0.802. The molecule has 1 aromatic rings. The van der Waals surface area contributed by atoms with Gasteiger partial charge in [0, 0.05) is 16.7 Å². The zero-order chi connectivity index (χ0) is 13.2. The van der Waals surface area contributed by atoms with Gasteiger partial charge in [0.1, 0.15) is 5.92 Å². The molecule has 0 radical (unpaired) electrons. The average molecular weight is 298 g/mol. The Hall–Kier alpha value is -0.750. The van der Waals surface area contributed by atoms with Gasteiger partial charge in [0.05, 0.1) is 5.69 Å². The molecule has 1 aliphatic carbocycles. The largest absolute Gasteiger partial charge is 0.481 e. The number of carboxylic acids is 1. The average Bonchev–Trinajstić information content (AvgIpc) is 2.96. The van der Waals surface area contributed by atoms with Crippen LogP contribution in [0.2, 0.25) is 0 Å². The fourth-order valence-electron chi connectivity index (χ4n) is 2.71. The van der Waals surface area contributed by atoms with Crippen LogP contribution in [0.4, 0.5) is 5.13 Å². The molecular formula is C13H18N2O2S2. The number of nitrogens with zero attached hydrogens (tertiary/aromatic N) is 1. The molecule has 1 saturated heterocycles. The Morgan fingerprint density at radius 2 is 2.32 bits per heavy atom. The van der Waals surface area contributed by atoms with Crippen LogP contribution in [0.25, 0.3) is 0 Å². The molecule has 0 bridgehead atoms. The Balaban J connectivity index is 1.60. The summed E-state index contributed by atoms with van der Waals surface area (Å²) in [5, 5.41) is 14.1. The first kappa shape index (κ1) is 13.2. The molecule has 2 heterocycles. The number of carboxylic acid groups (broad SMARTS) is 1. The summed E-state index contributed by atoms with van der Waals surface area (Å²) in [6.07, 6.45) is 5.52. The molecule has 1 aliphatic heterocycles. The number of hydrogen-bond acceptors (Lipinski definition) is 5. The van der Waals surface area contributed by atoms with Crippen LogP contribution in [0.5, 0.6) is 0 Å². The normalized spacial score (nSPS) is 26.1. The van der Waals surface area contributed by atoms with E-state index < -0.39 is 5.97 Å². The Bertz CT molecular complexity index is 469. The number of thiazole rings is 1. The van der Waals surface area contributed by atoms with Gasteiger partial charge >= 0.3 is 5.97 Å². The fraction of sp³-hybridized carbons (Fsp3) is 0.692. The number of anilines is 1. The van der Waals surface area contributed by atoms with Gasteiger partial charge in [0.2, 0.25) is 0 Å². The molecule has 104 valence electrons. The maximum Gasteiger partial charge on any atom is 0.312 e. The van der Waals surface area contributed by atoms with Gasteiger partial charge in [-0.1, -0.05) is 6.42 Å². The molecule has 1 fully saturated rings. The Morgan fingerprint density at radius 3 is 3.05 bits per heavy atom. The molecule has 6 heteroatoms. The number of rotatable bonds is 4. The van der Waals surface area contributed by atoms with Crippen molar-refractivity contribution in [3.05, 3.63) is 10.6 Å². The van der Waals surface area contributed by atoms with Crippen LogP contribution in [0.3, 0.4) is 0 Å². The second-order valence-corrected chi connectivity index (χ2v) is 7.62. The van der Waals surface area contributed by atoms with E-state index in [1.165, 1.54) is 25.0 Å². The Morgan fingerprint density at radius 1 is 1.42 bits per heavy atom. The highest BCUT2D eigenvalue weighted by molar-refractivity contribution is 7.99. The van der Waals surface area contributed by atoms with Crippen LogP contribution in [-0.4, -0.2) is 33.6 Å². The monoisotopic (exact) mass is 298 g/mol. The summed E-state index contributed by atoms with van der Waals surface area (Å²) in [6.45, 7) is 0.953. The lowest BCUT2D eigenvalue weighted by atomic mass is 10.1. The Labute approximate surface area is 121 Å². The summed E-state index contributed by atoms with van der Waals surface area (Å²) < 4.78 is 0. The molecule has 2 atom stereocenters. The molecule has 2 aliphatic rings. The second kappa shape index (κ2) is 5.71. The number of fused-ring (bicyclic) bond motifs is 1. The molecule has 4 nitrogen and oxygen atoms in total. The standard InChI is InChI=1S/C13H18N2O2S2/c16-12(17)9-4-5-10-11(9)15-13(19-10)14-7-8-3-1-2-6-18-8/h8-9H,1-7H2,(H,14,15)(H,16,17). The van der Waals surface area contributed by atoms with Crippen molar-refractivity contribution in [2.45, 2.75) is 43.3 Å². The van der Waals surface area contributed by atoms with E-state index in [4.69, 9.17) is 5.11 Å². The topological polar surface area (TPSA) is 62.2 Å². The van der Waals surface area contributed by atoms with Gasteiger partial charge < -0.3 is 10.4 Å². The molecule has 0 saturated carbocycles. The third-order valence-corrected chi connectivity index (χ3v) is 6.26. The lowest BCUT2D eigenvalue weighted by molar-refractivity contribution is -0.138. The van der Waals surface area contributed by atoms with Crippen LogP contribution in [0, 0.1) is 0 Å². The number of hydrogen-bond donors (Lipinski definition) is 2. The number of thioether (sulfide) groups is 1. The molecular weight excluding hydrogens is 280 g/mol. The highest BCUT2D eigenvalue weighted by Crippen LogP contribution is 2.38. The number of aliphatic carboxylic acids is 1. The highest BCUT2D eigenvalue weighted by Gasteiger charge is 2.32. The molecule has 0 spiro atoms. The number of aromatic nitrogens is 1. The van der Waals surface area contributed by atoms with Gasteiger partial charge in [-0.05, 0) is 31.4 Å². The van der Waals surface area contributed by atoms with Crippen LogP contribution in [0.1, 0.15) is 42.2 Å². The van der Waals surface area contributed by atoms with Crippen molar-refractivity contribution in [2.75, 3.05) is 17.6 Å². The minimum atomic E-state index is -0.738.